The molecule has 0 spiro atoms. The number of aromatic nitrogens is 1. The van der Waals surface area contributed by atoms with Gasteiger partial charge in [-0.05, 0) is 42.5 Å². The number of carbonyl (C=O) groups is 1. The van der Waals surface area contributed by atoms with E-state index in [-0.39, 0.29) is 12.5 Å². The van der Waals surface area contributed by atoms with Crippen molar-refractivity contribution in [3.8, 4) is 0 Å². The number of furan rings is 1. The molecule has 8 heteroatoms. The van der Waals surface area contributed by atoms with Gasteiger partial charge in [-0.2, -0.15) is 0 Å². The summed E-state index contributed by atoms with van der Waals surface area (Å²) in [5.41, 5.74) is 0.797. The Morgan fingerprint density at radius 3 is 2.76 bits per heavy atom. The molecule has 126 valence electrons. The molecule has 0 saturated heterocycles. The average Bonchev–Trinajstić information content (AvgIpc) is 3.31. The molecule has 0 radical (unpaired) electrons. The monoisotopic (exact) mass is 408 g/mol. The fraction of sp³-hybridized carbons (Fsp3) is 0.0588. The largest absolute Gasteiger partial charge is 0.467 e. The van der Waals surface area contributed by atoms with Crippen LogP contribution in [-0.4, -0.2) is 10.9 Å². The van der Waals surface area contributed by atoms with E-state index in [4.69, 9.17) is 27.6 Å². The van der Waals surface area contributed by atoms with Gasteiger partial charge in [-0.1, -0.05) is 34.5 Å². The van der Waals surface area contributed by atoms with Gasteiger partial charge in [0.1, 0.15) is 5.76 Å². The molecule has 4 nitrogen and oxygen atoms in total. The number of anilines is 1. The number of nitrogens with zero attached hydrogens (tertiary/aromatic N) is 2. The van der Waals surface area contributed by atoms with Gasteiger partial charge in [0.25, 0.3) is 5.91 Å². The summed E-state index contributed by atoms with van der Waals surface area (Å²) in [5.74, 6) is 0.506. The lowest BCUT2D eigenvalue weighted by Gasteiger charge is -2.17. The van der Waals surface area contributed by atoms with E-state index >= 15 is 0 Å². The first-order valence-corrected chi connectivity index (χ1v) is 9.65. The van der Waals surface area contributed by atoms with Gasteiger partial charge in [0.15, 0.2) is 5.13 Å². The second-order valence-corrected chi connectivity index (χ2v) is 8.34. The molecular weight excluding hydrogens is 399 g/mol. The fourth-order valence-electron chi connectivity index (χ4n) is 2.35. The number of rotatable bonds is 4. The quantitative estimate of drug-likeness (QED) is 0.409. The van der Waals surface area contributed by atoms with Crippen LogP contribution in [0.2, 0.25) is 9.36 Å². The van der Waals surface area contributed by atoms with Crippen molar-refractivity contribution in [3.05, 3.63) is 68.7 Å². The van der Waals surface area contributed by atoms with Crippen molar-refractivity contribution in [2.45, 2.75) is 6.54 Å². The van der Waals surface area contributed by atoms with Crippen LogP contribution in [0.3, 0.4) is 0 Å². The van der Waals surface area contributed by atoms with E-state index in [0.29, 0.717) is 25.1 Å². The summed E-state index contributed by atoms with van der Waals surface area (Å²) >= 11 is 14.7. The Balaban J connectivity index is 1.76. The minimum Gasteiger partial charge on any atom is -0.467 e. The first-order chi connectivity index (χ1) is 12.1. The third-order valence-corrected chi connectivity index (χ3v) is 5.99. The molecule has 0 saturated carbocycles. The summed E-state index contributed by atoms with van der Waals surface area (Å²) < 4.78 is 6.90. The third kappa shape index (κ3) is 3.43. The van der Waals surface area contributed by atoms with Crippen LogP contribution in [0.25, 0.3) is 10.2 Å². The lowest BCUT2D eigenvalue weighted by molar-refractivity contribution is 0.0987. The minimum atomic E-state index is -0.168. The van der Waals surface area contributed by atoms with Crippen molar-refractivity contribution in [1.82, 2.24) is 4.98 Å². The molecule has 0 N–H and O–H groups in total. The molecular formula is C17H10Cl2N2O2S2. The Labute approximate surface area is 161 Å². The second kappa shape index (κ2) is 6.80. The summed E-state index contributed by atoms with van der Waals surface area (Å²) in [6.45, 7) is 0.287. The van der Waals surface area contributed by atoms with Gasteiger partial charge in [0.05, 0.1) is 32.2 Å². The van der Waals surface area contributed by atoms with E-state index in [1.807, 2.05) is 18.2 Å². The molecule has 3 aromatic heterocycles. The predicted octanol–water partition coefficient (Wildman–Crippen LogP) is 6.10. The van der Waals surface area contributed by atoms with E-state index in [2.05, 4.69) is 4.98 Å². The standard InChI is InChI=1S/C17H10Cl2N2O2S2/c18-10-3-4-12-14(8-10)25-17(20-12)21(9-11-2-1-7-23-11)16(22)13-5-6-15(19)24-13/h1-8H,9H2. The number of halogens is 2. The van der Waals surface area contributed by atoms with Crippen molar-refractivity contribution in [1.29, 1.82) is 0 Å². The normalized spacial score (nSPS) is 11.1. The highest BCUT2D eigenvalue weighted by Gasteiger charge is 2.24. The van der Waals surface area contributed by atoms with Crippen LogP contribution in [0.5, 0.6) is 0 Å². The average molecular weight is 409 g/mol. The molecule has 0 aliphatic heterocycles. The van der Waals surface area contributed by atoms with Crippen molar-refractivity contribution in [2.24, 2.45) is 0 Å². The number of fused-ring (bicyclic) bond motifs is 1. The molecule has 25 heavy (non-hydrogen) atoms. The van der Waals surface area contributed by atoms with E-state index in [9.17, 15) is 4.79 Å². The lowest BCUT2D eigenvalue weighted by Crippen LogP contribution is -2.29. The van der Waals surface area contributed by atoms with Crippen LogP contribution in [0.15, 0.2) is 53.1 Å². The SMILES string of the molecule is O=C(c1ccc(Cl)s1)N(Cc1ccco1)c1nc2ccc(Cl)cc2s1. The number of thiazole rings is 1. The van der Waals surface area contributed by atoms with Gasteiger partial charge in [-0.3, -0.25) is 9.69 Å². The molecule has 0 atom stereocenters. The molecule has 0 aliphatic rings. The number of amides is 1. The van der Waals surface area contributed by atoms with E-state index in [0.717, 1.165) is 10.2 Å². The zero-order valence-corrected chi connectivity index (χ0v) is 15.8. The van der Waals surface area contributed by atoms with Crippen LogP contribution in [0.1, 0.15) is 15.4 Å². The minimum absolute atomic E-state index is 0.168. The van der Waals surface area contributed by atoms with Gasteiger partial charge < -0.3 is 4.42 Å². The maximum atomic E-state index is 13.0. The van der Waals surface area contributed by atoms with E-state index < -0.39 is 0 Å². The maximum absolute atomic E-state index is 13.0. The summed E-state index contributed by atoms with van der Waals surface area (Å²) in [6.07, 6.45) is 1.58. The lowest BCUT2D eigenvalue weighted by atomic mass is 10.3. The molecule has 0 aliphatic carbocycles. The molecule has 4 rings (SSSR count). The highest BCUT2D eigenvalue weighted by molar-refractivity contribution is 7.22. The van der Waals surface area contributed by atoms with Crippen LogP contribution in [-0.2, 0) is 6.54 Å². The van der Waals surface area contributed by atoms with Gasteiger partial charge in [0.2, 0.25) is 0 Å². The van der Waals surface area contributed by atoms with Crippen molar-refractivity contribution >= 4 is 67.1 Å². The van der Waals surface area contributed by atoms with E-state index in [1.54, 1.807) is 35.4 Å². The van der Waals surface area contributed by atoms with Crippen molar-refractivity contribution < 1.29 is 9.21 Å². The van der Waals surface area contributed by atoms with Gasteiger partial charge >= 0.3 is 0 Å². The number of hydrogen-bond acceptors (Lipinski definition) is 5. The second-order valence-electron chi connectivity index (χ2n) is 5.18. The topological polar surface area (TPSA) is 46.3 Å². The van der Waals surface area contributed by atoms with Crippen LogP contribution in [0.4, 0.5) is 5.13 Å². The molecule has 1 amide bonds. The Bertz CT molecular complexity index is 1040. The fourth-order valence-corrected chi connectivity index (χ4v) is 4.58. The zero-order valence-electron chi connectivity index (χ0n) is 12.6. The Morgan fingerprint density at radius 1 is 1.16 bits per heavy atom. The van der Waals surface area contributed by atoms with Crippen molar-refractivity contribution in [2.75, 3.05) is 4.90 Å². The Hall–Kier alpha value is -1.86. The highest BCUT2D eigenvalue weighted by atomic mass is 35.5. The molecule has 0 unspecified atom stereocenters. The smallest absolute Gasteiger partial charge is 0.270 e. The summed E-state index contributed by atoms with van der Waals surface area (Å²) in [6, 6.07) is 12.5. The van der Waals surface area contributed by atoms with Gasteiger partial charge in [-0.25, -0.2) is 4.98 Å². The van der Waals surface area contributed by atoms with Gasteiger partial charge in [-0.15, -0.1) is 11.3 Å². The first kappa shape index (κ1) is 16.6. The molecule has 0 fully saturated rings. The van der Waals surface area contributed by atoms with Crippen LogP contribution >= 0.6 is 45.9 Å². The molecule has 3 heterocycles. The van der Waals surface area contributed by atoms with E-state index in [1.165, 1.54) is 22.7 Å². The maximum Gasteiger partial charge on any atom is 0.270 e. The third-order valence-electron chi connectivity index (χ3n) is 3.49. The Morgan fingerprint density at radius 2 is 2.04 bits per heavy atom. The van der Waals surface area contributed by atoms with Gasteiger partial charge in [0, 0.05) is 5.02 Å². The Kier molecular flexibility index (Phi) is 4.52. The molecule has 4 aromatic rings. The molecule has 1 aromatic carbocycles. The van der Waals surface area contributed by atoms with Crippen LogP contribution in [0, 0.1) is 0 Å². The number of carbonyl (C=O) groups excluding carboxylic acids is 1. The zero-order chi connectivity index (χ0) is 17.4. The van der Waals surface area contributed by atoms with Crippen LogP contribution < -0.4 is 4.90 Å². The summed E-state index contributed by atoms with van der Waals surface area (Å²) in [5, 5.41) is 1.22. The summed E-state index contributed by atoms with van der Waals surface area (Å²) in [4.78, 5) is 19.7. The highest BCUT2D eigenvalue weighted by Crippen LogP contribution is 2.33. The number of hydrogen-bond donors (Lipinski definition) is 0. The predicted molar refractivity (Wildman–Crippen MR) is 103 cm³/mol. The number of benzene rings is 1. The summed E-state index contributed by atoms with van der Waals surface area (Å²) in [7, 11) is 0. The number of thiophene rings is 1. The molecule has 0 bridgehead atoms. The van der Waals surface area contributed by atoms with Crippen molar-refractivity contribution in [3.63, 3.8) is 0 Å². The first-order valence-electron chi connectivity index (χ1n) is 7.26.